The van der Waals surface area contributed by atoms with Crippen LogP contribution in [0, 0.1) is 0 Å². The third-order valence-corrected chi connectivity index (χ3v) is 4.87. The number of aromatic nitrogens is 5. The zero-order chi connectivity index (χ0) is 20.0. The van der Waals surface area contributed by atoms with Gasteiger partial charge >= 0.3 is 6.36 Å². The standard InChI is InChI=1S/C19H15F3N6O/c20-19(21,22)29-14-2-3-16-15(9-14)18(26-25-16)12-4-6-23-17(8-12)27-10-13(11-27)28-7-1-5-24-28/h1-9,13H,10-11H2,(H,25,26). The molecule has 0 amide bonds. The number of rotatable bonds is 4. The summed E-state index contributed by atoms with van der Waals surface area (Å²) in [5.74, 6) is 0.497. The second-order valence-corrected chi connectivity index (χ2v) is 6.78. The van der Waals surface area contributed by atoms with Gasteiger partial charge in [0.15, 0.2) is 0 Å². The number of fused-ring (bicyclic) bond motifs is 1. The lowest BCUT2D eigenvalue weighted by Gasteiger charge is -2.40. The number of hydrogen-bond acceptors (Lipinski definition) is 5. The minimum Gasteiger partial charge on any atom is -0.406 e. The van der Waals surface area contributed by atoms with Gasteiger partial charge in [-0.25, -0.2) is 4.98 Å². The molecule has 3 aromatic heterocycles. The number of halogens is 3. The van der Waals surface area contributed by atoms with Gasteiger partial charge in [0, 0.05) is 42.6 Å². The first-order valence-corrected chi connectivity index (χ1v) is 8.91. The zero-order valence-electron chi connectivity index (χ0n) is 15.0. The third-order valence-electron chi connectivity index (χ3n) is 4.87. The summed E-state index contributed by atoms with van der Waals surface area (Å²) in [4.78, 5) is 6.53. The van der Waals surface area contributed by atoms with Crippen molar-refractivity contribution in [3.05, 3.63) is 55.0 Å². The van der Waals surface area contributed by atoms with E-state index in [0.717, 1.165) is 24.5 Å². The van der Waals surface area contributed by atoms with Gasteiger partial charge in [-0.2, -0.15) is 10.2 Å². The van der Waals surface area contributed by atoms with E-state index >= 15 is 0 Å². The van der Waals surface area contributed by atoms with E-state index in [9.17, 15) is 13.2 Å². The number of anilines is 1. The van der Waals surface area contributed by atoms with Crippen LogP contribution in [-0.2, 0) is 0 Å². The third kappa shape index (κ3) is 3.37. The van der Waals surface area contributed by atoms with Crippen LogP contribution in [0.5, 0.6) is 5.75 Å². The molecule has 0 bridgehead atoms. The monoisotopic (exact) mass is 400 g/mol. The molecular formula is C19H15F3N6O. The van der Waals surface area contributed by atoms with Gasteiger partial charge in [0.1, 0.15) is 17.3 Å². The molecular weight excluding hydrogens is 385 g/mol. The molecule has 7 nitrogen and oxygen atoms in total. The summed E-state index contributed by atoms with van der Waals surface area (Å²) in [6.45, 7) is 1.56. The molecule has 0 spiro atoms. The van der Waals surface area contributed by atoms with Crippen molar-refractivity contribution in [2.24, 2.45) is 0 Å². The van der Waals surface area contributed by atoms with Crippen LogP contribution in [0.4, 0.5) is 19.0 Å². The average molecular weight is 400 g/mol. The van der Waals surface area contributed by atoms with Crippen molar-refractivity contribution >= 4 is 16.7 Å². The molecule has 1 aliphatic heterocycles. The summed E-state index contributed by atoms with van der Waals surface area (Å²) in [7, 11) is 0. The molecule has 0 atom stereocenters. The van der Waals surface area contributed by atoms with E-state index in [2.05, 4.69) is 29.9 Å². The molecule has 1 N–H and O–H groups in total. The first-order valence-electron chi connectivity index (χ1n) is 8.91. The second kappa shape index (κ2) is 6.50. The number of benzene rings is 1. The first-order chi connectivity index (χ1) is 14.0. The number of hydrogen-bond donors (Lipinski definition) is 1. The number of nitrogens with zero attached hydrogens (tertiary/aromatic N) is 5. The van der Waals surface area contributed by atoms with Crippen molar-refractivity contribution < 1.29 is 17.9 Å². The second-order valence-electron chi connectivity index (χ2n) is 6.78. The fraction of sp³-hybridized carbons (Fsp3) is 0.211. The first kappa shape index (κ1) is 17.5. The summed E-state index contributed by atoms with van der Waals surface area (Å²) in [6, 6.07) is 9.95. The quantitative estimate of drug-likeness (QED) is 0.565. The molecule has 0 saturated carbocycles. The van der Waals surface area contributed by atoms with E-state index in [1.807, 2.05) is 23.0 Å². The van der Waals surface area contributed by atoms with Crippen molar-refractivity contribution in [2.45, 2.75) is 12.4 Å². The number of ether oxygens (including phenoxy) is 1. The van der Waals surface area contributed by atoms with Crippen LogP contribution in [0.1, 0.15) is 6.04 Å². The largest absolute Gasteiger partial charge is 0.573 e. The molecule has 1 fully saturated rings. The normalized spacial score (nSPS) is 14.9. The minimum absolute atomic E-state index is 0.285. The number of H-pyrrole nitrogens is 1. The Labute approximate surface area is 162 Å². The van der Waals surface area contributed by atoms with Crippen molar-refractivity contribution in [1.29, 1.82) is 0 Å². The number of alkyl halides is 3. The van der Waals surface area contributed by atoms with Gasteiger partial charge in [-0.05, 0) is 36.4 Å². The van der Waals surface area contributed by atoms with E-state index in [1.54, 1.807) is 18.5 Å². The highest BCUT2D eigenvalue weighted by atomic mass is 19.4. The van der Waals surface area contributed by atoms with Crippen LogP contribution >= 0.6 is 0 Å². The highest BCUT2D eigenvalue weighted by molar-refractivity contribution is 5.94. The van der Waals surface area contributed by atoms with Gasteiger partial charge in [0.05, 0.1) is 11.6 Å². The predicted octanol–water partition coefficient (Wildman–Crippen LogP) is 3.78. The maximum absolute atomic E-state index is 12.5. The van der Waals surface area contributed by atoms with Crippen LogP contribution in [0.3, 0.4) is 0 Å². The lowest BCUT2D eigenvalue weighted by atomic mass is 10.1. The maximum Gasteiger partial charge on any atom is 0.573 e. The Morgan fingerprint density at radius 3 is 2.72 bits per heavy atom. The van der Waals surface area contributed by atoms with Crippen LogP contribution < -0.4 is 9.64 Å². The van der Waals surface area contributed by atoms with Crippen LogP contribution in [0.25, 0.3) is 22.2 Å². The van der Waals surface area contributed by atoms with Crippen molar-refractivity contribution in [3.8, 4) is 17.0 Å². The molecule has 1 aliphatic rings. The van der Waals surface area contributed by atoms with E-state index in [4.69, 9.17) is 0 Å². The molecule has 0 aliphatic carbocycles. The fourth-order valence-electron chi connectivity index (χ4n) is 3.46. The SMILES string of the molecule is FC(F)(F)Oc1ccc2[nH]nc(-c3ccnc(N4CC(n5cccn5)C4)c3)c2c1. The maximum atomic E-state index is 12.5. The smallest absolute Gasteiger partial charge is 0.406 e. The molecule has 1 saturated heterocycles. The molecule has 0 radical (unpaired) electrons. The minimum atomic E-state index is -4.75. The van der Waals surface area contributed by atoms with Crippen LogP contribution in [0.15, 0.2) is 55.0 Å². The van der Waals surface area contributed by atoms with Crippen molar-refractivity contribution in [3.63, 3.8) is 0 Å². The Bertz CT molecular complexity index is 1150. The van der Waals surface area contributed by atoms with Gasteiger partial charge in [0.25, 0.3) is 0 Å². The van der Waals surface area contributed by atoms with Gasteiger partial charge < -0.3 is 9.64 Å². The topological polar surface area (TPSA) is 71.9 Å². The molecule has 10 heteroatoms. The fourth-order valence-corrected chi connectivity index (χ4v) is 3.46. The Hall–Kier alpha value is -3.56. The van der Waals surface area contributed by atoms with E-state index < -0.39 is 6.36 Å². The Morgan fingerprint density at radius 2 is 1.97 bits per heavy atom. The van der Waals surface area contributed by atoms with E-state index in [-0.39, 0.29) is 5.75 Å². The van der Waals surface area contributed by atoms with Gasteiger partial charge in [-0.3, -0.25) is 9.78 Å². The highest BCUT2D eigenvalue weighted by Gasteiger charge is 2.32. The molecule has 0 unspecified atom stereocenters. The molecule has 1 aromatic carbocycles. The molecule has 4 aromatic rings. The molecule has 148 valence electrons. The predicted molar refractivity (Wildman–Crippen MR) is 99.5 cm³/mol. The Kier molecular flexibility index (Phi) is 3.93. The van der Waals surface area contributed by atoms with Crippen molar-refractivity contribution in [1.82, 2.24) is 25.0 Å². The van der Waals surface area contributed by atoms with Gasteiger partial charge in [0.2, 0.25) is 0 Å². The number of aromatic amines is 1. The average Bonchev–Trinajstić information content (AvgIpc) is 3.29. The molecule has 29 heavy (non-hydrogen) atoms. The number of pyridine rings is 1. The molecule has 4 heterocycles. The van der Waals surface area contributed by atoms with Gasteiger partial charge in [-0.15, -0.1) is 13.2 Å². The Morgan fingerprint density at radius 1 is 1.10 bits per heavy atom. The summed E-state index contributed by atoms with van der Waals surface area (Å²) >= 11 is 0. The zero-order valence-corrected chi connectivity index (χ0v) is 15.0. The summed E-state index contributed by atoms with van der Waals surface area (Å²) in [5, 5.41) is 11.9. The summed E-state index contributed by atoms with van der Waals surface area (Å²) in [5.41, 5.74) is 1.92. The van der Waals surface area contributed by atoms with E-state index in [0.29, 0.717) is 22.6 Å². The Balaban J connectivity index is 1.42. The molecule has 5 rings (SSSR count). The van der Waals surface area contributed by atoms with E-state index in [1.165, 1.54) is 18.2 Å². The highest BCUT2D eigenvalue weighted by Crippen LogP contribution is 2.33. The lowest BCUT2D eigenvalue weighted by molar-refractivity contribution is -0.274. The van der Waals surface area contributed by atoms with Crippen LogP contribution in [-0.4, -0.2) is 44.4 Å². The summed E-state index contributed by atoms with van der Waals surface area (Å²) < 4.78 is 43.6. The lowest BCUT2D eigenvalue weighted by Crippen LogP contribution is -2.48. The van der Waals surface area contributed by atoms with Gasteiger partial charge in [-0.1, -0.05) is 0 Å². The summed E-state index contributed by atoms with van der Waals surface area (Å²) in [6.07, 6.45) is 0.607. The number of nitrogens with one attached hydrogen (secondary N) is 1. The van der Waals surface area contributed by atoms with Crippen LogP contribution in [0.2, 0.25) is 0 Å². The van der Waals surface area contributed by atoms with Crippen molar-refractivity contribution in [2.75, 3.05) is 18.0 Å².